The third-order valence-electron chi connectivity index (χ3n) is 2.57. The van der Waals surface area contributed by atoms with Crippen LogP contribution in [0.4, 0.5) is 10.5 Å². The third-order valence-corrected chi connectivity index (χ3v) is 2.57. The van der Waals surface area contributed by atoms with Gasteiger partial charge in [0.1, 0.15) is 6.54 Å². The number of hydrogen-bond acceptors (Lipinski definition) is 6. The number of amides is 1. The van der Waals surface area contributed by atoms with Crippen molar-refractivity contribution in [3.05, 3.63) is 29.7 Å². The van der Waals surface area contributed by atoms with Gasteiger partial charge in [0.25, 0.3) is 0 Å². The number of nitrogens with zero attached hydrogens (tertiary/aromatic N) is 2. The van der Waals surface area contributed by atoms with Crippen molar-refractivity contribution in [1.82, 2.24) is 15.5 Å². The number of alkyl carbamates (subject to hydrolysis) is 1. The molecule has 1 amide bonds. The minimum atomic E-state index is -0.556. The van der Waals surface area contributed by atoms with Gasteiger partial charge < -0.3 is 20.3 Å². The lowest BCUT2D eigenvalue weighted by molar-refractivity contribution is 0.169. The van der Waals surface area contributed by atoms with Gasteiger partial charge in [-0.25, -0.2) is 4.79 Å². The van der Waals surface area contributed by atoms with Crippen LogP contribution in [0, 0.1) is 6.92 Å². The van der Waals surface area contributed by atoms with Crippen LogP contribution in [-0.4, -0.2) is 23.3 Å². The van der Waals surface area contributed by atoms with Crippen LogP contribution in [0.5, 0.6) is 0 Å². The van der Waals surface area contributed by atoms with Gasteiger partial charge in [-0.3, -0.25) is 0 Å². The Morgan fingerprint density at radius 1 is 1.53 bits per heavy atom. The van der Waals surface area contributed by atoms with Crippen LogP contribution >= 0.6 is 0 Å². The van der Waals surface area contributed by atoms with Crippen LogP contribution in [0.2, 0.25) is 0 Å². The normalized spacial score (nSPS) is 10.2. The van der Waals surface area contributed by atoms with E-state index in [1.807, 2.05) is 19.1 Å². The Morgan fingerprint density at radius 3 is 3.00 bits per heavy atom. The predicted molar refractivity (Wildman–Crippen MR) is 68.1 cm³/mol. The summed E-state index contributed by atoms with van der Waals surface area (Å²) < 4.78 is 9.45. The number of nitrogen functional groups attached to an aromatic ring is 1. The molecule has 7 heteroatoms. The number of methoxy groups -OCH3 is 1. The van der Waals surface area contributed by atoms with Crippen molar-refractivity contribution >= 4 is 11.8 Å². The van der Waals surface area contributed by atoms with E-state index in [2.05, 4.69) is 20.2 Å². The van der Waals surface area contributed by atoms with Crippen LogP contribution in [0.3, 0.4) is 0 Å². The minimum Gasteiger partial charge on any atom is -0.453 e. The Labute approximate surface area is 109 Å². The predicted octanol–water partition coefficient (Wildman–Crippen LogP) is 1.48. The Balaban J connectivity index is 2.12. The van der Waals surface area contributed by atoms with E-state index in [1.54, 1.807) is 6.07 Å². The molecule has 3 N–H and O–H groups in total. The molecule has 0 spiro atoms. The lowest BCUT2D eigenvalue weighted by Crippen LogP contribution is -2.22. The minimum absolute atomic E-state index is 0.112. The molecule has 0 aliphatic carbocycles. The van der Waals surface area contributed by atoms with Gasteiger partial charge >= 0.3 is 6.09 Å². The molecule has 0 bridgehead atoms. The monoisotopic (exact) mass is 262 g/mol. The van der Waals surface area contributed by atoms with E-state index in [9.17, 15) is 4.79 Å². The van der Waals surface area contributed by atoms with Gasteiger partial charge in [0.2, 0.25) is 11.7 Å². The van der Waals surface area contributed by atoms with Crippen LogP contribution in [0.15, 0.2) is 22.7 Å². The number of hydrogen-bond donors (Lipinski definition) is 2. The second kappa shape index (κ2) is 5.38. The smallest absolute Gasteiger partial charge is 0.407 e. The molecule has 0 saturated heterocycles. The van der Waals surface area contributed by atoms with Gasteiger partial charge in [-0.15, -0.1) is 0 Å². The van der Waals surface area contributed by atoms with Crippen molar-refractivity contribution in [2.45, 2.75) is 13.5 Å². The van der Waals surface area contributed by atoms with E-state index < -0.39 is 6.09 Å². The second-order valence-corrected chi connectivity index (χ2v) is 3.93. The number of nitrogens with one attached hydrogen (secondary N) is 1. The van der Waals surface area contributed by atoms with Gasteiger partial charge in [-0.05, 0) is 18.6 Å². The number of carbonyl (C=O) groups is 1. The maximum Gasteiger partial charge on any atom is 0.407 e. The summed E-state index contributed by atoms with van der Waals surface area (Å²) in [5, 5.41) is 6.28. The topological polar surface area (TPSA) is 103 Å². The molecular formula is C12H14N4O3. The summed E-state index contributed by atoms with van der Waals surface area (Å²) in [7, 11) is 1.28. The molecule has 2 aromatic rings. The highest BCUT2D eigenvalue weighted by Crippen LogP contribution is 2.21. The first-order valence-electron chi connectivity index (χ1n) is 5.61. The molecule has 0 saturated carbocycles. The number of anilines is 1. The first-order chi connectivity index (χ1) is 9.10. The average Bonchev–Trinajstić information content (AvgIpc) is 2.88. The Bertz CT molecular complexity index is 594. The quantitative estimate of drug-likeness (QED) is 0.812. The largest absolute Gasteiger partial charge is 0.453 e. The fraction of sp³-hybridized carbons (Fsp3) is 0.250. The van der Waals surface area contributed by atoms with E-state index in [0.29, 0.717) is 17.4 Å². The van der Waals surface area contributed by atoms with Crippen LogP contribution in [0.1, 0.15) is 11.5 Å². The lowest BCUT2D eigenvalue weighted by Gasteiger charge is -2.00. The van der Waals surface area contributed by atoms with Crippen molar-refractivity contribution in [2.24, 2.45) is 0 Å². The maximum absolute atomic E-state index is 10.9. The average molecular weight is 262 g/mol. The zero-order valence-electron chi connectivity index (χ0n) is 10.6. The third kappa shape index (κ3) is 3.01. The number of aryl methyl sites for hydroxylation is 1. The van der Waals surface area contributed by atoms with Crippen molar-refractivity contribution in [2.75, 3.05) is 12.8 Å². The highest BCUT2D eigenvalue weighted by Gasteiger charge is 2.10. The van der Waals surface area contributed by atoms with Crippen molar-refractivity contribution in [1.29, 1.82) is 0 Å². The van der Waals surface area contributed by atoms with Crippen LogP contribution in [0.25, 0.3) is 11.4 Å². The Hall–Kier alpha value is -2.57. The molecule has 0 unspecified atom stereocenters. The molecule has 1 aromatic carbocycles. The summed E-state index contributed by atoms with van der Waals surface area (Å²) in [6.45, 7) is 2.03. The first kappa shape index (κ1) is 12.9. The molecule has 7 nitrogen and oxygen atoms in total. The van der Waals surface area contributed by atoms with Gasteiger partial charge in [-0.1, -0.05) is 17.3 Å². The zero-order valence-corrected chi connectivity index (χ0v) is 10.6. The molecule has 1 aromatic heterocycles. The van der Waals surface area contributed by atoms with Crippen LogP contribution < -0.4 is 11.1 Å². The van der Waals surface area contributed by atoms with Gasteiger partial charge in [0.15, 0.2) is 0 Å². The summed E-state index contributed by atoms with van der Waals surface area (Å²) >= 11 is 0. The summed E-state index contributed by atoms with van der Waals surface area (Å²) in [4.78, 5) is 15.1. The standard InChI is InChI=1S/C12H14N4O3/c1-7-3-4-8(5-9(7)13)11-15-10(19-16-11)6-14-12(17)18-2/h3-5H,6,13H2,1-2H3,(H,14,17). The van der Waals surface area contributed by atoms with Gasteiger partial charge in [0.05, 0.1) is 7.11 Å². The maximum atomic E-state index is 10.9. The highest BCUT2D eigenvalue weighted by atomic mass is 16.5. The molecule has 100 valence electrons. The molecule has 0 fully saturated rings. The summed E-state index contributed by atoms with van der Waals surface area (Å²) in [6, 6.07) is 5.51. The van der Waals surface area contributed by atoms with E-state index in [-0.39, 0.29) is 6.54 Å². The molecule has 2 rings (SSSR count). The van der Waals surface area contributed by atoms with E-state index >= 15 is 0 Å². The van der Waals surface area contributed by atoms with Crippen molar-refractivity contribution < 1.29 is 14.1 Å². The van der Waals surface area contributed by atoms with Gasteiger partial charge in [-0.2, -0.15) is 4.98 Å². The first-order valence-corrected chi connectivity index (χ1v) is 5.61. The number of nitrogens with two attached hydrogens (primary N) is 1. The zero-order chi connectivity index (χ0) is 13.8. The number of aromatic nitrogens is 2. The molecule has 0 atom stereocenters. The fourth-order valence-corrected chi connectivity index (χ4v) is 1.44. The molecule has 0 radical (unpaired) electrons. The molecular weight excluding hydrogens is 248 g/mol. The lowest BCUT2D eigenvalue weighted by atomic mass is 10.1. The Morgan fingerprint density at radius 2 is 2.32 bits per heavy atom. The summed E-state index contributed by atoms with van der Waals surface area (Å²) in [5.74, 6) is 0.716. The molecule has 0 aliphatic heterocycles. The van der Waals surface area contributed by atoms with Crippen LogP contribution in [-0.2, 0) is 11.3 Å². The van der Waals surface area contributed by atoms with E-state index in [0.717, 1.165) is 11.1 Å². The Kier molecular flexibility index (Phi) is 3.65. The second-order valence-electron chi connectivity index (χ2n) is 3.93. The SMILES string of the molecule is COC(=O)NCc1nc(-c2ccc(C)c(N)c2)no1. The van der Waals surface area contributed by atoms with E-state index in [1.165, 1.54) is 7.11 Å². The number of carbonyl (C=O) groups excluding carboxylic acids is 1. The highest BCUT2D eigenvalue weighted by molar-refractivity contribution is 5.66. The molecule has 19 heavy (non-hydrogen) atoms. The number of benzene rings is 1. The van der Waals surface area contributed by atoms with Crippen molar-refractivity contribution in [3.63, 3.8) is 0 Å². The summed E-state index contributed by atoms with van der Waals surface area (Å²) in [5.41, 5.74) is 8.23. The molecule has 0 aliphatic rings. The molecule has 1 heterocycles. The van der Waals surface area contributed by atoms with Gasteiger partial charge in [0, 0.05) is 11.3 Å². The number of rotatable bonds is 3. The number of ether oxygens (including phenoxy) is 1. The fourth-order valence-electron chi connectivity index (χ4n) is 1.44. The van der Waals surface area contributed by atoms with E-state index in [4.69, 9.17) is 10.3 Å². The van der Waals surface area contributed by atoms with Crippen molar-refractivity contribution in [3.8, 4) is 11.4 Å². The summed E-state index contributed by atoms with van der Waals surface area (Å²) in [6.07, 6.45) is -0.556.